The molecule has 0 aromatic heterocycles. The van der Waals surface area contributed by atoms with Crippen LogP contribution in [0.2, 0.25) is 0 Å². The highest BCUT2D eigenvalue weighted by atomic mass is 16.6. The minimum atomic E-state index is -0.742. The maximum Gasteiger partial charge on any atom is 0.309 e. The molecule has 0 saturated carbocycles. The number of carbonyl (C=O) groups is 2. The van der Waals surface area contributed by atoms with Crippen LogP contribution < -0.4 is 29.6 Å². The summed E-state index contributed by atoms with van der Waals surface area (Å²) in [6, 6.07) is 13.8. The first-order valence-corrected chi connectivity index (χ1v) is 9.89. The van der Waals surface area contributed by atoms with Gasteiger partial charge in [-0.25, -0.2) is 0 Å². The number of hydrogen-bond acceptors (Lipinski definition) is 6. The zero-order valence-corrected chi connectivity index (χ0v) is 16.8. The number of amides is 2. The first-order chi connectivity index (χ1) is 14.5. The molecule has 2 aromatic rings. The fourth-order valence-corrected chi connectivity index (χ4v) is 3.29. The fraction of sp³-hybridized carbons (Fsp3) is 0.364. The average molecular weight is 412 g/mol. The van der Waals surface area contributed by atoms with Gasteiger partial charge in [0.2, 0.25) is 0 Å². The summed E-state index contributed by atoms with van der Waals surface area (Å²) < 4.78 is 23.1. The van der Waals surface area contributed by atoms with Gasteiger partial charge in [0.25, 0.3) is 0 Å². The number of ether oxygens (including phenoxy) is 4. The van der Waals surface area contributed by atoms with Gasteiger partial charge in [0.1, 0.15) is 13.2 Å². The van der Waals surface area contributed by atoms with Gasteiger partial charge in [0, 0.05) is 0 Å². The summed E-state index contributed by atoms with van der Waals surface area (Å²) in [5.74, 6) is 1.07. The van der Waals surface area contributed by atoms with Crippen LogP contribution in [0.1, 0.15) is 13.8 Å². The maximum absolute atomic E-state index is 12.4. The van der Waals surface area contributed by atoms with E-state index in [0.29, 0.717) is 23.0 Å². The van der Waals surface area contributed by atoms with Crippen molar-refractivity contribution in [1.29, 1.82) is 0 Å². The van der Waals surface area contributed by atoms with E-state index in [1.165, 1.54) is 0 Å². The molecular formula is C22H24N2O6. The van der Waals surface area contributed by atoms with Crippen molar-refractivity contribution in [3.63, 3.8) is 0 Å². The van der Waals surface area contributed by atoms with Crippen molar-refractivity contribution in [2.24, 2.45) is 0 Å². The molecule has 2 aliphatic rings. The molecule has 8 nitrogen and oxygen atoms in total. The lowest BCUT2D eigenvalue weighted by atomic mass is 10.1. The molecule has 2 N–H and O–H groups in total. The van der Waals surface area contributed by atoms with Gasteiger partial charge in [0.05, 0.1) is 12.1 Å². The molecule has 30 heavy (non-hydrogen) atoms. The third-order valence-electron chi connectivity index (χ3n) is 5.10. The lowest BCUT2D eigenvalue weighted by Crippen LogP contribution is -2.55. The summed E-state index contributed by atoms with van der Waals surface area (Å²) in [5.41, 5.74) is 0. The number of carbonyl (C=O) groups excluding carboxylic acids is 2. The van der Waals surface area contributed by atoms with Crippen LogP contribution in [0.3, 0.4) is 0 Å². The van der Waals surface area contributed by atoms with Crippen LogP contribution in [0.5, 0.6) is 23.0 Å². The van der Waals surface area contributed by atoms with Gasteiger partial charge >= 0.3 is 11.8 Å². The minimum absolute atomic E-state index is 0.281. The second-order valence-electron chi connectivity index (χ2n) is 7.35. The van der Waals surface area contributed by atoms with Crippen LogP contribution in [0.4, 0.5) is 0 Å². The Kier molecular flexibility index (Phi) is 5.65. The van der Waals surface area contributed by atoms with Crippen molar-refractivity contribution >= 4 is 11.8 Å². The summed E-state index contributed by atoms with van der Waals surface area (Å²) >= 11 is 0. The molecule has 0 bridgehead atoms. The first kappa shape index (κ1) is 19.9. The summed E-state index contributed by atoms with van der Waals surface area (Å²) in [6.45, 7) is 4.10. The van der Waals surface area contributed by atoms with Crippen molar-refractivity contribution in [2.45, 2.75) is 38.1 Å². The van der Waals surface area contributed by atoms with E-state index in [1.54, 1.807) is 26.0 Å². The Balaban J connectivity index is 1.28. The molecule has 4 atom stereocenters. The van der Waals surface area contributed by atoms with Crippen LogP contribution in [-0.4, -0.2) is 49.3 Å². The monoisotopic (exact) mass is 412 g/mol. The predicted molar refractivity (Wildman–Crippen MR) is 108 cm³/mol. The van der Waals surface area contributed by atoms with Crippen LogP contribution >= 0.6 is 0 Å². The molecule has 0 unspecified atom stereocenters. The molecule has 2 amide bonds. The Hall–Kier alpha value is -3.42. The average Bonchev–Trinajstić information content (AvgIpc) is 2.78. The minimum Gasteiger partial charge on any atom is -0.486 e. The topological polar surface area (TPSA) is 95.1 Å². The van der Waals surface area contributed by atoms with Crippen molar-refractivity contribution in [2.75, 3.05) is 13.2 Å². The molecule has 2 heterocycles. The highest BCUT2D eigenvalue weighted by Crippen LogP contribution is 2.32. The third-order valence-corrected chi connectivity index (χ3v) is 5.10. The van der Waals surface area contributed by atoms with E-state index in [-0.39, 0.29) is 13.2 Å². The zero-order valence-electron chi connectivity index (χ0n) is 16.8. The molecule has 0 aliphatic carbocycles. The standard InChI is InChI=1S/C22H24N2O6/c1-13(19-11-27-15-7-3-5-9-17(15)29-19)23-21(25)22(26)24-14(2)20-12-28-16-8-4-6-10-18(16)30-20/h3-10,13-14,19-20H,11-12H2,1-2H3,(H,23,25)(H,24,26)/t13-,14-,19+,20+/m0/s1. The molecule has 0 radical (unpaired) electrons. The Labute approximate surface area is 174 Å². The molecule has 4 rings (SSSR count). The molecule has 158 valence electrons. The number of para-hydroxylation sites is 4. The van der Waals surface area contributed by atoms with Crippen LogP contribution in [0.15, 0.2) is 48.5 Å². The van der Waals surface area contributed by atoms with Gasteiger partial charge in [-0.15, -0.1) is 0 Å². The quantitative estimate of drug-likeness (QED) is 0.742. The fourth-order valence-electron chi connectivity index (χ4n) is 3.29. The Bertz CT molecular complexity index is 858. The molecule has 8 heteroatoms. The highest BCUT2D eigenvalue weighted by Gasteiger charge is 2.31. The predicted octanol–water partition coefficient (Wildman–Crippen LogP) is 1.68. The normalized spacial score (nSPS) is 21.1. The van der Waals surface area contributed by atoms with Gasteiger partial charge < -0.3 is 29.6 Å². The highest BCUT2D eigenvalue weighted by molar-refractivity contribution is 6.35. The van der Waals surface area contributed by atoms with Gasteiger partial charge in [-0.2, -0.15) is 0 Å². The van der Waals surface area contributed by atoms with E-state index in [0.717, 1.165) is 0 Å². The third kappa shape index (κ3) is 4.27. The van der Waals surface area contributed by atoms with Gasteiger partial charge in [0.15, 0.2) is 35.2 Å². The van der Waals surface area contributed by atoms with E-state index < -0.39 is 36.1 Å². The Morgan fingerprint density at radius 2 is 1.10 bits per heavy atom. The van der Waals surface area contributed by atoms with Crippen LogP contribution in [-0.2, 0) is 9.59 Å². The number of fused-ring (bicyclic) bond motifs is 2. The first-order valence-electron chi connectivity index (χ1n) is 9.89. The molecule has 0 saturated heterocycles. The zero-order chi connectivity index (χ0) is 21.1. The lowest BCUT2D eigenvalue weighted by Gasteiger charge is -2.31. The van der Waals surface area contributed by atoms with Crippen LogP contribution in [0, 0.1) is 0 Å². The van der Waals surface area contributed by atoms with Gasteiger partial charge in [-0.1, -0.05) is 24.3 Å². The smallest absolute Gasteiger partial charge is 0.309 e. The number of nitrogens with one attached hydrogen (secondary N) is 2. The van der Waals surface area contributed by atoms with Crippen molar-refractivity contribution in [3.05, 3.63) is 48.5 Å². The summed E-state index contributed by atoms with van der Waals surface area (Å²) in [4.78, 5) is 24.7. The summed E-state index contributed by atoms with van der Waals surface area (Å²) in [6.07, 6.45) is -0.804. The molecule has 2 aliphatic heterocycles. The Morgan fingerprint density at radius 3 is 1.50 bits per heavy atom. The van der Waals surface area contributed by atoms with Crippen molar-refractivity contribution in [3.8, 4) is 23.0 Å². The van der Waals surface area contributed by atoms with E-state index in [9.17, 15) is 9.59 Å². The maximum atomic E-state index is 12.4. The van der Waals surface area contributed by atoms with Gasteiger partial charge in [-0.05, 0) is 38.1 Å². The van der Waals surface area contributed by atoms with E-state index >= 15 is 0 Å². The summed E-state index contributed by atoms with van der Waals surface area (Å²) in [5, 5.41) is 5.35. The second-order valence-corrected chi connectivity index (χ2v) is 7.35. The van der Waals surface area contributed by atoms with Crippen molar-refractivity contribution in [1.82, 2.24) is 10.6 Å². The molecular weight excluding hydrogens is 388 g/mol. The SMILES string of the molecule is C[C@H](NC(=O)C(=O)N[C@@H](C)[C@H]1COc2ccccc2O1)[C@H]1COc2ccccc2O1. The number of hydrogen-bond donors (Lipinski definition) is 2. The Morgan fingerprint density at radius 1 is 0.733 bits per heavy atom. The molecule has 2 aromatic carbocycles. The number of rotatable bonds is 4. The molecule has 0 spiro atoms. The van der Waals surface area contributed by atoms with E-state index in [2.05, 4.69) is 10.6 Å². The van der Waals surface area contributed by atoms with E-state index in [4.69, 9.17) is 18.9 Å². The summed E-state index contributed by atoms with van der Waals surface area (Å²) in [7, 11) is 0. The second kappa shape index (κ2) is 8.52. The largest absolute Gasteiger partial charge is 0.486 e. The van der Waals surface area contributed by atoms with Crippen LogP contribution in [0.25, 0.3) is 0 Å². The van der Waals surface area contributed by atoms with E-state index in [1.807, 2.05) is 36.4 Å². The number of benzene rings is 2. The molecule has 0 fully saturated rings. The van der Waals surface area contributed by atoms with Gasteiger partial charge in [-0.3, -0.25) is 9.59 Å². The van der Waals surface area contributed by atoms with Crippen molar-refractivity contribution < 1.29 is 28.5 Å². The lowest BCUT2D eigenvalue weighted by molar-refractivity contribution is -0.140.